The lowest BCUT2D eigenvalue weighted by atomic mass is 10.2. The van der Waals surface area contributed by atoms with E-state index in [0.29, 0.717) is 17.4 Å². The summed E-state index contributed by atoms with van der Waals surface area (Å²) in [5, 5.41) is 23.8. The van der Waals surface area contributed by atoms with Crippen molar-refractivity contribution in [2.75, 3.05) is 29.3 Å². The van der Waals surface area contributed by atoms with Crippen LogP contribution in [0.1, 0.15) is 10.5 Å². The number of aromatic nitrogens is 1. The van der Waals surface area contributed by atoms with E-state index in [1.807, 2.05) is 0 Å². The first-order valence-corrected chi connectivity index (χ1v) is 10.2. The van der Waals surface area contributed by atoms with Crippen molar-refractivity contribution in [2.24, 2.45) is 5.73 Å². The van der Waals surface area contributed by atoms with Crippen LogP contribution in [-0.2, 0) is 15.7 Å². The van der Waals surface area contributed by atoms with Crippen LogP contribution in [0, 0.1) is 11.2 Å². The number of nitrogens with two attached hydrogens (primary N) is 1. The zero-order valence-corrected chi connectivity index (χ0v) is 16.9. The molecule has 1 aromatic carbocycles. The number of hydrogen-bond acceptors (Lipinski definition) is 8. The number of halogens is 1. The number of guanidine groups is 1. The van der Waals surface area contributed by atoms with E-state index < -0.39 is 34.3 Å². The molecule has 1 heterocycles. The number of nitrogens with zero attached hydrogens (tertiary/aromatic N) is 2. The van der Waals surface area contributed by atoms with Gasteiger partial charge >= 0.3 is 5.97 Å². The summed E-state index contributed by atoms with van der Waals surface area (Å²) in [6.45, 7) is 0.319. The van der Waals surface area contributed by atoms with E-state index in [0.717, 1.165) is 29.0 Å². The number of amides is 1. The smallest absolute Gasteiger partial charge is 0.357 e. The van der Waals surface area contributed by atoms with Crippen molar-refractivity contribution in [3.05, 3.63) is 35.2 Å². The molecule has 0 fully saturated rings. The molecule has 0 atom stereocenters. The fourth-order valence-corrected chi connectivity index (χ4v) is 3.79. The van der Waals surface area contributed by atoms with Crippen LogP contribution in [0.4, 0.5) is 20.8 Å². The molecule has 1 aromatic heterocycles. The van der Waals surface area contributed by atoms with Crippen LogP contribution in [0.15, 0.2) is 23.7 Å². The number of benzene rings is 1. The molecule has 7 N–H and O–H groups in total. The van der Waals surface area contributed by atoms with E-state index >= 15 is 0 Å². The summed E-state index contributed by atoms with van der Waals surface area (Å²) >= 11 is 0.761. The van der Waals surface area contributed by atoms with Crippen LogP contribution in [0.5, 0.6) is 0 Å². The molecule has 2 rings (SSSR count). The van der Waals surface area contributed by atoms with Crippen LogP contribution in [0.25, 0.3) is 0 Å². The van der Waals surface area contributed by atoms with Gasteiger partial charge in [-0.05, 0) is 12.1 Å². The first-order chi connectivity index (χ1) is 14.2. The average Bonchev–Trinajstić information content (AvgIpc) is 3.16. The van der Waals surface area contributed by atoms with Gasteiger partial charge in [0.25, 0.3) is 0 Å². The Morgan fingerprint density at radius 3 is 2.67 bits per heavy atom. The Balaban J connectivity index is 2.15. The predicted octanol–water partition coefficient (Wildman–Crippen LogP) is -0.344. The largest absolute Gasteiger partial charge is 0.476 e. The van der Waals surface area contributed by atoms with Crippen molar-refractivity contribution in [1.82, 2.24) is 15.6 Å². The van der Waals surface area contributed by atoms with Gasteiger partial charge in [0.15, 0.2) is 11.7 Å². The third-order valence-electron chi connectivity index (χ3n) is 3.45. The number of thiazole rings is 1. The molecule has 0 saturated heterocycles. The monoisotopic (exact) mass is 459 g/mol. The molecule has 0 unspecified atom stereocenters. The Labute approximate surface area is 175 Å². The van der Waals surface area contributed by atoms with Gasteiger partial charge in [-0.3, -0.25) is 10.2 Å². The molecule has 0 aliphatic carbocycles. The minimum absolute atomic E-state index is 0.125. The van der Waals surface area contributed by atoms with Gasteiger partial charge in [-0.25, -0.2) is 26.9 Å². The Morgan fingerprint density at radius 2 is 2.07 bits per heavy atom. The van der Waals surface area contributed by atoms with Gasteiger partial charge in [0.1, 0.15) is 10.8 Å². The van der Waals surface area contributed by atoms with Crippen molar-refractivity contribution < 1.29 is 27.5 Å². The molecule has 0 aliphatic rings. The van der Waals surface area contributed by atoms with Gasteiger partial charge in [-0.2, -0.15) is 0 Å². The molecular weight excluding hydrogens is 441 g/mol. The molecule has 0 saturated carbocycles. The maximum absolute atomic E-state index is 14.4. The third kappa shape index (κ3) is 5.85. The highest BCUT2D eigenvalue weighted by Gasteiger charge is 2.23. The average molecular weight is 459 g/mol. The highest BCUT2D eigenvalue weighted by Crippen LogP contribution is 2.33. The first kappa shape index (κ1) is 23.0. The summed E-state index contributed by atoms with van der Waals surface area (Å²) < 4.78 is 38.4. The van der Waals surface area contributed by atoms with Gasteiger partial charge in [-0.15, -0.1) is 11.3 Å². The maximum atomic E-state index is 14.4. The number of carbonyl (C=O) groups excluding carboxylic acids is 1. The van der Waals surface area contributed by atoms with Crippen molar-refractivity contribution in [3.63, 3.8) is 0 Å². The third-order valence-corrected chi connectivity index (χ3v) is 5.15. The van der Waals surface area contributed by atoms with Gasteiger partial charge < -0.3 is 26.8 Å². The maximum Gasteiger partial charge on any atom is 0.357 e. The number of hydrogen-bond donors (Lipinski definition) is 7. The Kier molecular flexibility index (Phi) is 8.02. The highest BCUT2D eigenvalue weighted by atomic mass is 32.2. The lowest BCUT2D eigenvalue weighted by molar-refractivity contribution is -0.115. The summed E-state index contributed by atoms with van der Waals surface area (Å²) in [6.07, 6.45) is 0. The molecule has 0 aliphatic heterocycles. The summed E-state index contributed by atoms with van der Waals surface area (Å²) in [5.41, 5.74) is 5.55. The minimum Gasteiger partial charge on any atom is -0.476 e. The zero-order valence-electron chi connectivity index (χ0n) is 15.2. The lowest BCUT2D eigenvalue weighted by Gasteiger charge is -2.17. The van der Waals surface area contributed by atoms with Crippen LogP contribution in [0.3, 0.4) is 0 Å². The number of carbonyl (C=O) groups is 2. The van der Waals surface area contributed by atoms with Gasteiger partial charge in [-0.1, -0.05) is 0 Å². The number of thiol groups is 1. The van der Waals surface area contributed by atoms with Crippen molar-refractivity contribution >= 4 is 56.4 Å². The number of aromatic carboxylic acids is 1. The van der Waals surface area contributed by atoms with E-state index in [1.54, 1.807) is 0 Å². The number of anilines is 3. The Hall–Kier alpha value is -3.30. The molecule has 30 heavy (non-hydrogen) atoms. The van der Waals surface area contributed by atoms with E-state index in [9.17, 15) is 22.4 Å². The number of carboxylic acid groups (broad SMARTS) is 1. The molecular formula is C15H18FN7O5S2. The van der Waals surface area contributed by atoms with Crippen molar-refractivity contribution in [3.8, 4) is 0 Å². The Morgan fingerprint density at radius 1 is 1.33 bits per heavy atom. The molecule has 15 heteroatoms. The number of carboxylic acids is 1. The quantitative estimate of drug-likeness (QED) is 0.149. The highest BCUT2D eigenvalue weighted by molar-refractivity contribution is 7.74. The van der Waals surface area contributed by atoms with Crippen molar-refractivity contribution in [1.29, 1.82) is 5.41 Å². The van der Waals surface area contributed by atoms with Gasteiger partial charge in [0.2, 0.25) is 16.8 Å². The number of rotatable bonds is 9. The second-order valence-electron chi connectivity index (χ2n) is 5.52. The molecule has 1 amide bonds. The standard InChI is InChI=1S/C15H18FN7O5S2/c16-9-5-8(23(30(27)28)13-12(14(25)26)21-7-29-13)1-2-10(9)22-11(24)6-20-15(18)19-4-3-17/h1-2,5,7,30H,3-4,6,17H2,(H,22,24)(H,25,26)(H3,18,19,20). The van der Waals surface area contributed by atoms with Gasteiger partial charge in [0.05, 0.1) is 23.4 Å². The SMILES string of the molecule is N=C(NCCN)NCC(=O)Nc1ccc(N(c2scnc2C(=O)O)[SH](=O)=O)cc1F. The van der Waals surface area contributed by atoms with Crippen molar-refractivity contribution in [2.45, 2.75) is 0 Å². The fraction of sp³-hybridized carbons (Fsp3) is 0.200. The second-order valence-corrected chi connectivity index (χ2v) is 7.23. The second kappa shape index (κ2) is 10.5. The van der Waals surface area contributed by atoms with E-state index in [-0.39, 0.29) is 28.9 Å². The molecule has 2 aromatic rings. The van der Waals surface area contributed by atoms with Crippen LogP contribution >= 0.6 is 11.3 Å². The van der Waals surface area contributed by atoms with E-state index in [4.69, 9.17) is 16.2 Å². The molecule has 0 radical (unpaired) electrons. The fourth-order valence-electron chi connectivity index (χ4n) is 2.18. The molecule has 162 valence electrons. The number of nitrogens with one attached hydrogen (secondary N) is 4. The summed E-state index contributed by atoms with van der Waals surface area (Å²) in [7, 11) is -3.35. The lowest BCUT2D eigenvalue weighted by Crippen LogP contribution is -2.42. The zero-order chi connectivity index (χ0) is 22.3. The minimum atomic E-state index is -3.35. The topological polar surface area (TPSA) is 191 Å². The Bertz CT molecular complexity index is 1020. The van der Waals surface area contributed by atoms with E-state index in [1.165, 1.54) is 6.07 Å². The molecule has 0 bridgehead atoms. The van der Waals surface area contributed by atoms with E-state index in [2.05, 4.69) is 20.9 Å². The normalized spacial score (nSPS) is 10.5. The summed E-state index contributed by atoms with van der Waals surface area (Å²) in [4.78, 5) is 26.7. The molecule has 12 nitrogen and oxygen atoms in total. The summed E-state index contributed by atoms with van der Waals surface area (Å²) in [6, 6.07) is 3.17. The van der Waals surface area contributed by atoms with Crippen LogP contribution < -0.4 is 26.0 Å². The first-order valence-electron chi connectivity index (χ1n) is 8.21. The van der Waals surface area contributed by atoms with Gasteiger partial charge in [0, 0.05) is 19.2 Å². The van der Waals surface area contributed by atoms with Crippen LogP contribution in [0.2, 0.25) is 0 Å². The summed E-state index contributed by atoms with van der Waals surface area (Å²) in [5.74, 6) is -3.15. The predicted molar refractivity (Wildman–Crippen MR) is 109 cm³/mol. The molecule has 0 spiro atoms. The van der Waals surface area contributed by atoms with Crippen LogP contribution in [-0.4, -0.2) is 56.0 Å².